The van der Waals surface area contributed by atoms with Gasteiger partial charge in [0, 0.05) is 23.0 Å². The minimum absolute atomic E-state index is 0.137. The molecule has 2 aliphatic carbocycles. The molecule has 8 heteroatoms. The number of carbonyl (C=O) groups excluding carboxylic acids is 1. The van der Waals surface area contributed by atoms with Crippen molar-refractivity contribution in [2.75, 3.05) is 13.2 Å². The van der Waals surface area contributed by atoms with E-state index < -0.39 is 48.2 Å². The molecule has 3 heterocycles. The molecule has 0 aromatic heterocycles. The molecule has 0 saturated carbocycles. The van der Waals surface area contributed by atoms with Crippen LogP contribution in [0.25, 0.3) is 0 Å². The van der Waals surface area contributed by atoms with Gasteiger partial charge in [-0.25, -0.2) is 0 Å². The third-order valence-corrected chi connectivity index (χ3v) is 11.0. The van der Waals surface area contributed by atoms with Crippen LogP contribution in [-0.4, -0.2) is 66.7 Å². The lowest BCUT2D eigenvalue weighted by Gasteiger charge is -2.55. The smallest absolute Gasteiger partial charge is 0.188 e. The highest BCUT2D eigenvalue weighted by molar-refractivity contribution is 6.00. The molecule has 1 aromatic rings. The van der Waals surface area contributed by atoms with E-state index in [9.17, 15) is 9.90 Å². The molecule has 8 nitrogen and oxygen atoms in total. The van der Waals surface area contributed by atoms with E-state index in [2.05, 4.69) is 51.4 Å². The van der Waals surface area contributed by atoms with Gasteiger partial charge in [0.05, 0.1) is 25.7 Å². The summed E-state index contributed by atoms with van der Waals surface area (Å²) >= 11 is 0. The van der Waals surface area contributed by atoms with E-state index in [-0.39, 0.29) is 18.3 Å². The van der Waals surface area contributed by atoms with Crippen LogP contribution < -0.4 is 0 Å². The van der Waals surface area contributed by atoms with Crippen LogP contribution in [0.2, 0.25) is 0 Å². The zero-order chi connectivity index (χ0) is 35.6. The predicted molar refractivity (Wildman–Crippen MR) is 189 cm³/mol. The van der Waals surface area contributed by atoms with Crippen molar-refractivity contribution in [2.24, 2.45) is 23.2 Å². The fourth-order valence-electron chi connectivity index (χ4n) is 7.85. The molecule has 9 unspecified atom stereocenters. The van der Waals surface area contributed by atoms with E-state index in [1.807, 2.05) is 50.3 Å². The number of ether oxygens (including phenoxy) is 6. The van der Waals surface area contributed by atoms with Gasteiger partial charge >= 0.3 is 0 Å². The Bertz CT molecular complexity index is 1620. The van der Waals surface area contributed by atoms with Crippen molar-refractivity contribution in [1.82, 2.24) is 0 Å². The van der Waals surface area contributed by atoms with Crippen LogP contribution in [0.15, 0.2) is 65.3 Å². The highest BCUT2D eigenvalue weighted by Crippen LogP contribution is 2.48. The summed E-state index contributed by atoms with van der Waals surface area (Å²) in [5, 5.41) is 11.8. The lowest BCUT2D eigenvalue weighted by Crippen LogP contribution is -2.66. The van der Waals surface area contributed by atoms with Gasteiger partial charge in [-0.05, 0) is 67.7 Å². The van der Waals surface area contributed by atoms with Gasteiger partial charge in [-0.1, -0.05) is 94.7 Å². The zero-order valence-electron chi connectivity index (χ0n) is 30.4. The Morgan fingerprint density at radius 3 is 2.56 bits per heavy atom. The third kappa shape index (κ3) is 7.45. The Kier molecular flexibility index (Phi) is 11.2. The first-order chi connectivity index (χ1) is 23.9. The topological polar surface area (TPSA) is 92.7 Å². The van der Waals surface area contributed by atoms with E-state index in [1.54, 1.807) is 19.1 Å². The number of Topliss-reactive ketones (excluding diaryl/α,β-unsaturated/α-hetero) is 1. The van der Waals surface area contributed by atoms with E-state index >= 15 is 0 Å². The molecule has 0 spiro atoms. The second kappa shape index (κ2) is 15.3. The lowest BCUT2D eigenvalue weighted by molar-refractivity contribution is -0.396. The largest absolute Gasteiger partial charge is 0.373 e. The number of hydrogen-bond acceptors (Lipinski definition) is 8. The Hall–Kier alpha value is -3.05. The maximum absolute atomic E-state index is 13.4. The van der Waals surface area contributed by atoms with Gasteiger partial charge < -0.3 is 33.5 Å². The first-order valence-corrected chi connectivity index (χ1v) is 18.2. The van der Waals surface area contributed by atoms with Gasteiger partial charge in [0.1, 0.15) is 18.3 Å². The van der Waals surface area contributed by atoms with Gasteiger partial charge in [0.15, 0.2) is 30.3 Å². The molecule has 0 radical (unpaired) electrons. The highest BCUT2D eigenvalue weighted by atomic mass is 16.8. The van der Waals surface area contributed by atoms with Crippen LogP contribution in [-0.2, 0) is 33.2 Å². The third-order valence-electron chi connectivity index (χ3n) is 11.0. The molecule has 3 fully saturated rings. The number of fused-ring (bicyclic) bond motifs is 3. The molecular weight excluding hydrogens is 632 g/mol. The second-order valence-electron chi connectivity index (χ2n) is 15.2. The summed E-state index contributed by atoms with van der Waals surface area (Å²) in [5.74, 6) is 13.3. The van der Waals surface area contributed by atoms with Gasteiger partial charge in [-0.3, -0.25) is 4.79 Å². The number of hydrogen-bond donors (Lipinski definition) is 1. The minimum atomic E-state index is -1.67. The van der Waals surface area contributed by atoms with Crippen molar-refractivity contribution < 1.29 is 38.3 Å². The van der Waals surface area contributed by atoms with E-state index in [1.165, 1.54) is 0 Å². The van der Waals surface area contributed by atoms with Crippen molar-refractivity contribution in [3.8, 4) is 23.7 Å². The fourth-order valence-corrected chi connectivity index (χ4v) is 7.85. The first-order valence-electron chi connectivity index (χ1n) is 18.2. The average molecular weight is 685 g/mol. The van der Waals surface area contributed by atoms with Crippen LogP contribution in [0.3, 0.4) is 0 Å². The number of benzene rings is 1. The Morgan fingerprint density at radius 1 is 1.08 bits per heavy atom. The number of ketones is 1. The number of rotatable bonds is 8. The summed E-state index contributed by atoms with van der Waals surface area (Å²) in [7, 11) is 0. The van der Waals surface area contributed by atoms with Crippen LogP contribution in [0, 0.1) is 46.9 Å². The van der Waals surface area contributed by atoms with E-state index in [0.29, 0.717) is 54.1 Å². The first kappa shape index (κ1) is 36.7. The summed E-state index contributed by atoms with van der Waals surface area (Å²) in [6.07, 6.45) is 2.79. The maximum atomic E-state index is 13.4. The fraction of sp³-hybridized carbons (Fsp3) is 0.595. The predicted octanol–water partition coefficient (Wildman–Crippen LogP) is 6.60. The van der Waals surface area contributed by atoms with Crippen molar-refractivity contribution in [3.63, 3.8) is 0 Å². The molecule has 11 atom stereocenters. The molecule has 0 amide bonds. The SMILES string of the molecule is CC/C=C1\C2=C(C)C(=O)C[C@@]1(O)C#C/C=C\C#C[C@@H]2OC1OC(C)C2(C)COC(c3ccccc3)OC2C1OC1CC(C)C(CC(C)C)CO1. The van der Waals surface area contributed by atoms with Crippen LogP contribution in [0.1, 0.15) is 86.0 Å². The molecule has 6 rings (SSSR count). The zero-order valence-corrected chi connectivity index (χ0v) is 30.4. The second-order valence-corrected chi connectivity index (χ2v) is 15.2. The summed E-state index contributed by atoms with van der Waals surface area (Å²) in [4.78, 5) is 13.4. The Morgan fingerprint density at radius 2 is 1.84 bits per heavy atom. The van der Waals surface area contributed by atoms with Gasteiger partial charge in [0.25, 0.3) is 0 Å². The van der Waals surface area contributed by atoms with Crippen molar-refractivity contribution >= 4 is 5.78 Å². The quantitative estimate of drug-likeness (QED) is 0.307. The van der Waals surface area contributed by atoms with E-state index in [0.717, 1.165) is 18.4 Å². The number of aliphatic hydroxyl groups is 1. The van der Waals surface area contributed by atoms with E-state index in [4.69, 9.17) is 28.4 Å². The standard InChI is InChI=1S/C42H52O8/c1-8-16-32-36-28(5)33(43)23-42(32,44)20-15-10-9-14-19-34(36)48-40-37(49-35-22-27(4)31(24-45-35)21-26(2)3)38-41(7,29(6)47-40)25-46-39(50-38)30-17-12-11-13-18-30/h9-13,16-18,26-27,29,31,34-35,37-40,44H,8,21-25H2,1-7H3/b10-9-,32-16+/t27?,29?,31?,34-,35?,37?,38?,39?,40?,41?,42-/m0/s1. The number of allylic oxidation sites excluding steroid dienone is 4. The van der Waals surface area contributed by atoms with Crippen molar-refractivity contribution in [3.05, 3.63) is 70.8 Å². The van der Waals surface area contributed by atoms with Gasteiger partial charge in [-0.2, -0.15) is 0 Å². The lowest BCUT2D eigenvalue weighted by atomic mass is 9.73. The molecular formula is C42H52O8. The normalized spacial score (nSPS) is 40.0. The van der Waals surface area contributed by atoms with Crippen LogP contribution in [0.4, 0.5) is 0 Å². The Labute approximate surface area is 297 Å². The summed E-state index contributed by atoms with van der Waals surface area (Å²) in [5.41, 5.74) is 0.189. The molecule has 5 aliphatic rings. The number of carbonyl (C=O) groups is 1. The monoisotopic (exact) mass is 684 g/mol. The molecule has 2 bridgehead atoms. The Balaban J connectivity index is 1.38. The molecule has 3 aliphatic heterocycles. The van der Waals surface area contributed by atoms with Gasteiger partial charge in [-0.15, -0.1) is 0 Å². The maximum Gasteiger partial charge on any atom is 0.188 e. The van der Waals surface area contributed by atoms with Crippen molar-refractivity contribution in [1.29, 1.82) is 0 Å². The van der Waals surface area contributed by atoms with Crippen LogP contribution >= 0.6 is 0 Å². The van der Waals surface area contributed by atoms with Crippen LogP contribution in [0.5, 0.6) is 0 Å². The average Bonchev–Trinajstić information content (AvgIpc) is 3.08. The minimum Gasteiger partial charge on any atom is -0.373 e. The summed E-state index contributed by atoms with van der Waals surface area (Å²) in [6.45, 7) is 15.6. The molecule has 3 saturated heterocycles. The molecule has 1 N–H and O–H groups in total. The molecule has 268 valence electrons. The summed E-state index contributed by atoms with van der Waals surface area (Å²) in [6, 6.07) is 9.88. The highest BCUT2D eigenvalue weighted by Gasteiger charge is 2.58. The molecule has 1 aromatic carbocycles. The summed E-state index contributed by atoms with van der Waals surface area (Å²) < 4.78 is 40.2. The van der Waals surface area contributed by atoms with Gasteiger partial charge in [0.2, 0.25) is 0 Å². The molecule has 50 heavy (non-hydrogen) atoms. The van der Waals surface area contributed by atoms with Crippen molar-refractivity contribution in [2.45, 2.75) is 123 Å².